The fourth-order valence-electron chi connectivity index (χ4n) is 3.17. The average Bonchev–Trinajstić information content (AvgIpc) is 3.06. The molecule has 0 saturated carbocycles. The number of hydrogen-bond acceptors (Lipinski definition) is 5. The van der Waals surface area contributed by atoms with Crippen LogP contribution in [0.25, 0.3) is 16.8 Å². The molecular weight excluding hydrogens is 352 g/mol. The third-order valence-electron chi connectivity index (χ3n) is 4.12. The number of hydrogen-bond donors (Lipinski definition) is 4. The van der Waals surface area contributed by atoms with Crippen LogP contribution in [0, 0.1) is 13.8 Å². The van der Waals surface area contributed by atoms with Crippen LogP contribution in [0.5, 0.6) is 0 Å². The van der Waals surface area contributed by atoms with Crippen LogP contribution in [-0.2, 0) is 0 Å². The van der Waals surface area contributed by atoms with Gasteiger partial charge in [0, 0.05) is 23.5 Å². The molecule has 0 atom stereocenters. The Morgan fingerprint density at radius 1 is 1.15 bits per heavy atom. The second kappa shape index (κ2) is 6.45. The lowest BCUT2D eigenvalue weighted by Crippen LogP contribution is -2.24. The van der Waals surface area contributed by atoms with Crippen molar-refractivity contribution < 1.29 is 19.8 Å². The largest absolute Gasteiger partial charge is 0.478 e. The van der Waals surface area contributed by atoms with Crippen LogP contribution in [0.3, 0.4) is 0 Å². The number of benzene rings is 1. The molecule has 0 radical (unpaired) electrons. The number of aromatic nitrogens is 3. The summed E-state index contributed by atoms with van der Waals surface area (Å²) in [5.74, 6) is -3.43. The molecule has 0 saturated heterocycles. The van der Waals surface area contributed by atoms with Gasteiger partial charge in [0.1, 0.15) is 16.9 Å². The van der Waals surface area contributed by atoms with Crippen LogP contribution in [0.15, 0.2) is 35.4 Å². The lowest BCUT2D eigenvalue weighted by atomic mass is 9.91. The molecule has 9 heteroatoms. The maximum Gasteiger partial charge on any atom is 0.342 e. The van der Waals surface area contributed by atoms with Crippen molar-refractivity contribution >= 4 is 17.8 Å². The summed E-state index contributed by atoms with van der Waals surface area (Å²) in [7, 11) is 0. The number of aryl methyl sites for hydroxylation is 2. The lowest BCUT2D eigenvalue weighted by molar-refractivity contribution is 0.0695. The van der Waals surface area contributed by atoms with Gasteiger partial charge in [-0.25, -0.2) is 14.3 Å². The Balaban J connectivity index is 2.58. The maximum absolute atomic E-state index is 12.3. The van der Waals surface area contributed by atoms with E-state index in [0.717, 1.165) is 11.1 Å². The van der Waals surface area contributed by atoms with E-state index in [-0.39, 0.29) is 11.1 Å². The molecule has 5 N–H and O–H groups in total. The summed E-state index contributed by atoms with van der Waals surface area (Å²) >= 11 is 0. The summed E-state index contributed by atoms with van der Waals surface area (Å²) in [6, 6.07) is 5.13. The highest BCUT2D eigenvalue weighted by atomic mass is 16.4. The van der Waals surface area contributed by atoms with Gasteiger partial charge < -0.3 is 20.9 Å². The van der Waals surface area contributed by atoms with Gasteiger partial charge in [-0.2, -0.15) is 5.10 Å². The average molecular weight is 368 g/mol. The summed E-state index contributed by atoms with van der Waals surface area (Å²) in [5.41, 5.74) is 5.49. The first-order chi connectivity index (χ1) is 12.7. The highest BCUT2D eigenvalue weighted by Gasteiger charge is 2.29. The first-order valence-corrected chi connectivity index (χ1v) is 7.86. The smallest absolute Gasteiger partial charge is 0.342 e. The SMILES string of the molecule is Cc1cc(C)c(-n2cccn2)c(-c2c(C(=O)O)c(N)[nH]c(=O)c2C(=O)O)c1. The zero-order valence-electron chi connectivity index (χ0n) is 14.5. The Labute approximate surface area is 152 Å². The molecule has 0 spiro atoms. The molecular formula is C18H16N4O5. The van der Waals surface area contributed by atoms with E-state index >= 15 is 0 Å². The zero-order valence-corrected chi connectivity index (χ0v) is 14.5. The molecule has 0 aliphatic heterocycles. The number of pyridine rings is 1. The van der Waals surface area contributed by atoms with Gasteiger partial charge in [-0.15, -0.1) is 0 Å². The van der Waals surface area contributed by atoms with Crippen molar-refractivity contribution in [3.8, 4) is 16.8 Å². The minimum Gasteiger partial charge on any atom is -0.478 e. The minimum absolute atomic E-state index is 0.240. The van der Waals surface area contributed by atoms with Crippen LogP contribution < -0.4 is 11.3 Å². The van der Waals surface area contributed by atoms with Crippen molar-refractivity contribution in [3.05, 3.63) is 63.2 Å². The van der Waals surface area contributed by atoms with Crippen LogP contribution in [-0.4, -0.2) is 36.9 Å². The Morgan fingerprint density at radius 2 is 1.81 bits per heavy atom. The van der Waals surface area contributed by atoms with Gasteiger partial charge in [-0.3, -0.25) is 4.79 Å². The first kappa shape index (κ1) is 17.9. The summed E-state index contributed by atoms with van der Waals surface area (Å²) in [6.45, 7) is 3.56. The molecule has 0 amide bonds. The number of nitrogens with one attached hydrogen (secondary N) is 1. The normalized spacial score (nSPS) is 10.7. The van der Waals surface area contributed by atoms with E-state index in [0.29, 0.717) is 5.69 Å². The number of aromatic carboxylic acids is 2. The molecule has 0 fully saturated rings. The number of nitrogen functional groups attached to an aromatic ring is 1. The van der Waals surface area contributed by atoms with E-state index in [1.165, 1.54) is 10.9 Å². The number of nitrogens with zero attached hydrogens (tertiary/aromatic N) is 2. The number of carbonyl (C=O) groups is 2. The summed E-state index contributed by atoms with van der Waals surface area (Å²) in [5, 5.41) is 23.4. The van der Waals surface area contributed by atoms with Gasteiger partial charge in [0.25, 0.3) is 5.56 Å². The van der Waals surface area contributed by atoms with E-state index < -0.39 is 34.4 Å². The summed E-state index contributed by atoms with van der Waals surface area (Å²) < 4.78 is 1.48. The number of nitrogens with two attached hydrogens (primary N) is 1. The molecule has 0 bridgehead atoms. The maximum atomic E-state index is 12.3. The quantitative estimate of drug-likeness (QED) is 0.548. The predicted molar refractivity (Wildman–Crippen MR) is 97.4 cm³/mol. The number of carboxylic acid groups (broad SMARTS) is 2. The van der Waals surface area contributed by atoms with E-state index in [1.807, 2.05) is 6.07 Å². The topological polar surface area (TPSA) is 151 Å². The molecule has 2 heterocycles. The molecule has 1 aromatic carbocycles. The first-order valence-electron chi connectivity index (χ1n) is 7.86. The molecule has 9 nitrogen and oxygen atoms in total. The van der Waals surface area contributed by atoms with Gasteiger partial charge in [0.05, 0.1) is 5.69 Å². The second-order valence-electron chi connectivity index (χ2n) is 6.03. The second-order valence-corrected chi connectivity index (χ2v) is 6.03. The van der Waals surface area contributed by atoms with Crippen molar-refractivity contribution in [3.63, 3.8) is 0 Å². The molecule has 0 aliphatic carbocycles. The van der Waals surface area contributed by atoms with Gasteiger partial charge in [-0.1, -0.05) is 11.6 Å². The van der Waals surface area contributed by atoms with Crippen LogP contribution in [0.1, 0.15) is 31.8 Å². The number of aromatic amines is 1. The van der Waals surface area contributed by atoms with Crippen LogP contribution in [0.2, 0.25) is 0 Å². The fourth-order valence-corrected chi connectivity index (χ4v) is 3.17. The minimum atomic E-state index is -1.56. The fraction of sp³-hybridized carbons (Fsp3) is 0.111. The van der Waals surface area contributed by atoms with Gasteiger partial charge >= 0.3 is 11.9 Å². The Bertz CT molecular complexity index is 1130. The highest BCUT2D eigenvalue weighted by molar-refractivity contribution is 6.08. The molecule has 3 rings (SSSR count). The Kier molecular flexibility index (Phi) is 4.28. The standard InChI is InChI=1S/C18H16N4O5/c1-8-6-9(2)14(22-5-3-4-20-22)10(7-8)11-12(17(24)25)15(19)21-16(23)13(11)18(26)27/h3-7H,1-2H3,(H,24,25)(H,26,27)(H3,19,21,23). The van der Waals surface area contributed by atoms with Crippen molar-refractivity contribution in [2.24, 2.45) is 0 Å². The number of carboxylic acids is 2. The lowest BCUT2D eigenvalue weighted by Gasteiger charge is -2.18. The number of rotatable bonds is 4. The van der Waals surface area contributed by atoms with Gasteiger partial charge in [-0.05, 0) is 31.5 Å². The van der Waals surface area contributed by atoms with Crippen LogP contribution >= 0.6 is 0 Å². The van der Waals surface area contributed by atoms with E-state index in [2.05, 4.69) is 10.1 Å². The third kappa shape index (κ3) is 2.95. The molecule has 0 unspecified atom stereocenters. The van der Waals surface area contributed by atoms with E-state index in [1.54, 1.807) is 32.2 Å². The Hall–Kier alpha value is -3.88. The third-order valence-corrected chi connectivity index (χ3v) is 4.12. The van der Waals surface area contributed by atoms with Crippen molar-refractivity contribution in [1.82, 2.24) is 14.8 Å². The van der Waals surface area contributed by atoms with E-state index in [4.69, 9.17) is 5.73 Å². The molecule has 27 heavy (non-hydrogen) atoms. The van der Waals surface area contributed by atoms with Gasteiger partial charge in [0.15, 0.2) is 0 Å². The molecule has 2 aromatic heterocycles. The van der Waals surface area contributed by atoms with Crippen molar-refractivity contribution in [1.29, 1.82) is 0 Å². The number of anilines is 1. The Morgan fingerprint density at radius 3 is 2.37 bits per heavy atom. The predicted octanol–water partition coefficient (Wildman–Crippen LogP) is 1.82. The summed E-state index contributed by atoms with van der Waals surface area (Å²) in [6.07, 6.45) is 3.17. The monoisotopic (exact) mass is 368 g/mol. The molecule has 138 valence electrons. The van der Waals surface area contributed by atoms with Crippen molar-refractivity contribution in [2.45, 2.75) is 13.8 Å². The van der Waals surface area contributed by atoms with Crippen LogP contribution in [0.4, 0.5) is 5.82 Å². The van der Waals surface area contributed by atoms with Gasteiger partial charge in [0.2, 0.25) is 0 Å². The zero-order chi connectivity index (χ0) is 19.9. The summed E-state index contributed by atoms with van der Waals surface area (Å²) in [4.78, 5) is 38.0. The van der Waals surface area contributed by atoms with Crippen molar-refractivity contribution in [2.75, 3.05) is 5.73 Å². The molecule has 0 aliphatic rings. The number of H-pyrrole nitrogens is 1. The highest BCUT2D eigenvalue weighted by Crippen LogP contribution is 2.35. The molecule has 3 aromatic rings. The van der Waals surface area contributed by atoms with E-state index in [9.17, 15) is 24.6 Å².